The summed E-state index contributed by atoms with van der Waals surface area (Å²) in [5, 5.41) is 6.19. The Hall–Kier alpha value is -2.56. The highest BCUT2D eigenvalue weighted by atomic mass is 16.1. The van der Waals surface area contributed by atoms with Crippen LogP contribution < -0.4 is 15.5 Å². The largest absolute Gasteiger partial charge is 0.372 e. The first-order chi connectivity index (χ1) is 12.6. The normalized spacial score (nSPS) is 14.3. The molecule has 1 saturated heterocycles. The van der Waals surface area contributed by atoms with Gasteiger partial charge in [0.2, 0.25) is 0 Å². The van der Waals surface area contributed by atoms with E-state index in [0.717, 1.165) is 31.1 Å². The zero-order chi connectivity index (χ0) is 18.4. The molecule has 1 aliphatic heterocycles. The fourth-order valence-corrected chi connectivity index (χ4v) is 3.05. The monoisotopic (exact) mass is 352 g/mol. The van der Waals surface area contributed by atoms with Crippen molar-refractivity contribution in [3.05, 3.63) is 48.2 Å². The molecule has 0 spiro atoms. The summed E-state index contributed by atoms with van der Waals surface area (Å²) in [6.45, 7) is 7.39. The molecule has 1 aromatic heterocycles. The van der Waals surface area contributed by atoms with Gasteiger partial charge in [-0.05, 0) is 61.6 Å². The fraction of sp³-hybridized carbons (Fsp3) is 0.429. The highest BCUT2D eigenvalue weighted by molar-refractivity contribution is 6.04. The van der Waals surface area contributed by atoms with Crippen molar-refractivity contribution in [1.29, 1.82) is 0 Å². The zero-order valence-electron chi connectivity index (χ0n) is 15.7. The first-order valence-electron chi connectivity index (χ1n) is 9.48. The highest BCUT2D eigenvalue weighted by Gasteiger charge is 2.11. The second-order valence-corrected chi connectivity index (χ2v) is 7.26. The number of carbonyl (C=O) groups excluding carboxylic acids is 1. The number of carbonyl (C=O) groups is 1. The molecule has 3 rings (SSSR count). The van der Waals surface area contributed by atoms with Gasteiger partial charge >= 0.3 is 0 Å². The molecule has 0 unspecified atom stereocenters. The van der Waals surface area contributed by atoms with Crippen LogP contribution in [0.3, 0.4) is 0 Å². The summed E-state index contributed by atoms with van der Waals surface area (Å²) in [5.74, 6) is 1.20. The van der Waals surface area contributed by atoms with Crippen LogP contribution in [0.2, 0.25) is 0 Å². The molecule has 0 bridgehead atoms. The predicted molar refractivity (Wildman–Crippen MR) is 108 cm³/mol. The van der Waals surface area contributed by atoms with Crippen LogP contribution in [0.1, 0.15) is 43.5 Å². The van der Waals surface area contributed by atoms with Gasteiger partial charge in [0.15, 0.2) is 0 Å². The van der Waals surface area contributed by atoms with E-state index in [1.807, 2.05) is 18.2 Å². The van der Waals surface area contributed by atoms with Crippen LogP contribution in [-0.4, -0.2) is 30.5 Å². The second-order valence-electron chi connectivity index (χ2n) is 7.26. The molecule has 138 valence electrons. The molecule has 5 nitrogen and oxygen atoms in total. The fourth-order valence-electron chi connectivity index (χ4n) is 3.05. The van der Waals surface area contributed by atoms with Gasteiger partial charge < -0.3 is 15.5 Å². The van der Waals surface area contributed by atoms with Gasteiger partial charge in [-0.1, -0.05) is 13.8 Å². The van der Waals surface area contributed by atoms with E-state index in [0.29, 0.717) is 11.5 Å². The van der Waals surface area contributed by atoms with Crippen LogP contribution in [0.5, 0.6) is 0 Å². The SMILES string of the molecule is CC(C)CNc1ccc(C(=O)Nc2ccc(N3CCCCC3)cc2)cn1. The maximum atomic E-state index is 12.4. The number of pyridine rings is 1. The predicted octanol–water partition coefficient (Wildman–Crippen LogP) is 4.39. The molecular weight excluding hydrogens is 324 g/mol. The number of nitrogens with one attached hydrogen (secondary N) is 2. The first kappa shape index (κ1) is 18.2. The van der Waals surface area contributed by atoms with Crippen LogP contribution in [0, 0.1) is 5.92 Å². The third kappa shape index (κ3) is 4.97. The Kier molecular flexibility index (Phi) is 6.10. The van der Waals surface area contributed by atoms with Crippen LogP contribution >= 0.6 is 0 Å². The van der Waals surface area contributed by atoms with E-state index in [4.69, 9.17) is 0 Å². The standard InChI is InChI=1S/C21H28N4O/c1-16(2)14-22-20-11-6-17(15-23-20)21(26)24-18-7-9-19(10-8-18)25-12-4-3-5-13-25/h6-11,15-16H,3-5,12-14H2,1-2H3,(H,22,23)(H,24,26). The summed E-state index contributed by atoms with van der Waals surface area (Å²) in [6, 6.07) is 11.7. The molecule has 0 atom stereocenters. The molecule has 1 amide bonds. The topological polar surface area (TPSA) is 57.3 Å². The Bertz CT molecular complexity index is 704. The van der Waals surface area contributed by atoms with Crippen molar-refractivity contribution in [1.82, 2.24) is 4.98 Å². The first-order valence-corrected chi connectivity index (χ1v) is 9.48. The van der Waals surface area contributed by atoms with E-state index >= 15 is 0 Å². The van der Waals surface area contributed by atoms with Crippen LogP contribution in [0.25, 0.3) is 0 Å². The van der Waals surface area contributed by atoms with E-state index in [1.165, 1.54) is 24.9 Å². The highest BCUT2D eigenvalue weighted by Crippen LogP contribution is 2.22. The Labute approximate surface area is 155 Å². The molecular formula is C21H28N4O. The van der Waals surface area contributed by atoms with Gasteiger partial charge in [0.25, 0.3) is 5.91 Å². The maximum absolute atomic E-state index is 12.4. The van der Waals surface area contributed by atoms with Gasteiger partial charge in [-0.2, -0.15) is 0 Å². The lowest BCUT2D eigenvalue weighted by Gasteiger charge is -2.28. The van der Waals surface area contributed by atoms with E-state index in [1.54, 1.807) is 12.3 Å². The van der Waals surface area contributed by atoms with Crippen molar-refractivity contribution < 1.29 is 4.79 Å². The van der Waals surface area contributed by atoms with Crippen molar-refractivity contribution >= 4 is 23.1 Å². The summed E-state index contributed by atoms with van der Waals surface area (Å²) in [4.78, 5) is 19.1. The number of hydrogen-bond donors (Lipinski definition) is 2. The molecule has 1 fully saturated rings. The molecule has 2 aromatic rings. The quantitative estimate of drug-likeness (QED) is 0.809. The third-order valence-corrected chi connectivity index (χ3v) is 4.56. The van der Waals surface area contributed by atoms with Gasteiger partial charge in [-0.25, -0.2) is 4.98 Å². The number of hydrogen-bond acceptors (Lipinski definition) is 4. The van der Waals surface area contributed by atoms with E-state index in [-0.39, 0.29) is 5.91 Å². The van der Waals surface area contributed by atoms with Crippen molar-refractivity contribution in [3.8, 4) is 0 Å². The number of anilines is 3. The van der Waals surface area contributed by atoms with E-state index in [2.05, 4.69) is 46.5 Å². The average molecular weight is 352 g/mol. The van der Waals surface area contributed by atoms with Crippen molar-refractivity contribution in [2.45, 2.75) is 33.1 Å². The Morgan fingerprint density at radius 2 is 1.81 bits per heavy atom. The summed E-state index contributed by atoms with van der Waals surface area (Å²) in [5.41, 5.74) is 2.59. The van der Waals surface area contributed by atoms with Gasteiger partial charge in [-0.3, -0.25) is 4.79 Å². The van der Waals surface area contributed by atoms with E-state index in [9.17, 15) is 4.79 Å². The minimum absolute atomic E-state index is 0.140. The number of piperidine rings is 1. The molecule has 2 N–H and O–H groups in total. The van der Waals surface area contributed by atoms with Crippen molar-refractivity contribution in [3.63, 3.8) is 0 Å². The van der Waals surface area contributed by atoms with Crippen LogP contribution in [0.15, 0.2) is 42.6 Å². The van der Waals surface area contributed by atoms with Crippen molar-refractivity contribution in [2.75, 3.05) is 35.2 Å². The lowest BCUT2D eigenvalue weighted by Crippen LogP contribution is -2.29. The lowest BCUT2D eigenvalue weighted by molar-refractivity contribution is 0.102. The summed E-state index contributed by atoms with van der Waals surface area (Å²) < 4.78 is 0. The molecule has 1 aromatic carbocycles. The molecule has 0 radical (unpaired) electrons. The summed E-state index contributed by atoms with van der Waals surface area (Å²) >= 11 is 0. The molecule has 0 aliphatic carbocycles. The smallest absolute Gasteiger partial charge is 0.257 e. The number of aromatic nitrogens is 1. The Morgan fingerprint density at radius 1 is 1.08 bits per heavy atom. The number of rotatable bonds is 6. The molecule has 2 heterocycles. The third-order valence-electron chi connectivity index (χ3n) is 4.56. The Balaban J connectivity index is 1.57. The molecule has 0 saturated carbocycles. The number of amides is 1. The minimum atomic E-state index is -0.140. The summed E-state index contributed by atoms with van der Waals surface area (Å²) in [7, 11) is 0. The minimum Gasteiger partial charge on any atom is -0.372 e. The molecule has 1 aliphatic rings. The van der Waals surface area contributed by atoms with Crippen molar-refractivity contribution in [2.24, 2.45) is 5.92 Å². The van der Waals surface area contributed by atoms with Gasteiger partial charge in [0.05, 0.1) is 5.56 Å². The Morgan fingerprint density at radius 3 is 2.42 bits per heavy atom. The molecule has 5 heteroatoms. The lowest BCUT2D eigenvalue weighted by atomic mass is 10.1. The van der Waals surface area contributed by atoms with Gasteiger partial charge in [-0.15, -0.1) is 0 Å². The number of benzene rings is 1. The van der Waals surface area contributed by atoms with Gasteiger partial charge in [0, 0.05) is 37.2 Å². The van der Waals surface area contributed by atoms with E-state index < -0.39 is 0 Å². The van der Waals surface area contributed by atoms with Crippen LogP contribution in [-0.2, 0) is 0 Å². The molecule has 26 heavy (non-hydrogen) atoms. The summed E-state index contributed by atoms with van der Waals surface area (Å²) in [6.07, 6.45) is 5.45. The average Bonchev–Trinajstić information content (AvgIpc) is 2.68. The second kappa shape index (κ2) is 8.70. The van der Waals surface area contributed by atoms with Gasteiger partial charge in [0.1, 0.15) is 5.82 Å². The maximum Gasteiger partial charge on any atom is 0.257 e. The number of nitrogens with zero attached hydrogens (tertiary/aromatic N) is 2. The zero-order valence-corrected chi connectivity index (χ0v) is 15.7. The van der Waals surface area contributed by atoms with Crippen LogP contribution in [0.4, 0.5) is 17.2 Å².